The van der Waals surface area contributed by atoms with Crippen molar-refractivity contribution < 1.29 is 9.53 Å². The summed E-state index contributed by atoms with van der Waals surface area (Å²) in [7, 11) is 0. The molecule has 4 nitrogen and oxygen atoms in total. The van der Waals surface area contributed by atoms with E-state index in [0.717, 1.165) is 5.56 Å². The van der Waals surface area contributed by atoms with Crippen molar-refractivity contribution in [3.05, 3.63) is 96.1 Å². The van der Waals surface area contributed by atoms with E-state index in [1.807, 2.05) is 79.7 Å². The zero-order valence-corrected chi connectivity index (χ0v) is 17.0. The van der Waals surface area contributed by atoms with Crippen molar-refractivity contribution in [2.45, 2.75) is 25.8 Å². The third-order valence-corrected chi connectivity index (χ3v) is 4.84. The van der Waals surface area contributed by atoms with Crippen molar-refractivity contribution in [3.63, 3.8) is 0 Å². The normalized spacial score (nSPS) is 12.8. The smallest absolute Gasteiger partial charge is 0.246 e. The van der Waals surface area contributed by atoms with E-state index in [9.17, 15) is 4.79 Å². The Hall–Kier alpha value is -3.11. The Morgan fingerprint density at radius 2 is 1.45 bits per heavy atom. The van der Waals surface area contributed by atoms with Crippen molar-refractivity contribution in [1.82, 2.24) is 5.32 Å². The van der Waals surface area contributed by atoms with Crippen LogP contribution >= 0.6 is 0 Å². The lowest BCUT2D eigenvalue weighted by Crippen LogP contribution is -2.35. The topological polar surface area (TPSA) is 50.4 Å². The highest BCUT2D eigenvalue weighted by molar-refractivity contribution is 5.96. The highest BCUT2D eigenvalue weighted by Gasteiger charge is 2.22. The quantitative estimate of drug-likeness (QED) is 0.532. The molecule has 0 spiro atoms. The number of hydrogen-bond acceptors (Lipinski definition) is 3. The van der Waals surface area contributed by atoms with Crippen LogP contribution in [0.5, 0.6) is 5.75 Å². The number of hydrogen-bond donors (Lipinski definition) is 2. The number of benzene rings is 3. The van der Waals surface area contributed by atoms with E-state index in [1.165, 1.54) is 5.56 Å². The number of carbonyl (C=O) groups is 1. The molecule has 4 heteroatoms. The van der Waals surface area contributed by atoms with Gasteiger partial charge in [0.05, 0.1) is 12.3 Å². The summed E-state index contributed by atoms with van der Waals surface area (Å²) in [6.45, 7) is 5.32. The fraction of sp³-hybridized carbons (Fsp3) is 0.240. The lowest BCUT2D eigenvalue weighted by atomic mass is 9.99. The Bertz CT molecular complexity index is 897. The average molecular weight is 389 g/mol. The number of carbonyl (C=O) groups excluding carboxylic acids is 1. The Labute approximate surface area is 172 Å². The second-order valence-electron chi connectivity index (χ2n) is 6.98. The fourth-order valence-corrected chi connectivity index (χ4v) is 3.26. The van der Waals surface area contributed by atoms with Gasteiger partial charge in [0.25, 0.3) is 0 Å². The molecule has 3 aromatic rings. The monoisotopic (exact) mass is 388 g/mol. The first kappa shape index (κ1) is 20.6. The van der Waals surface area contributed by atoms with E-state index in [4.69, 9.17) is 4.74 Å². The lowest BCUT2D eigenvalue weighted by molar-refractivity contribution is -0.118. The van der Waals surface area contributed by atoms with Crippen molar-refractivity contribution >= 4 is 11.6 Å². The molecule has 0 fully saturated rings. The largest absolute Gasteiger partial charge is 0.492 e. The van der Waals surface area contributed by atoms with Gasteiger partial charge in [-0.25, -0.2) is 0 Å². The van der Waals surface area contributed by atoms with E-state index >= 15 is 0 Å². The van der Waals surface area contributed by atoms with Crippen LogP contribution in [-0.4, -0.2) is 19.1 Å². The molecule has 2 atom stereocenters. The maximum absolute atomic E-state index is 13.2. The summed E-state index contributed by atoms with van der Waals surface area (Å²) < 4.78 is 5.64. The van der Waals surface area contributed by atoms with E-state index in [0.29, 0.717) is 24.6 Å². The van der Waals surface area contributed by atoms with Crippen LogP contribution in [0, 0.1) is 0 Å². The second kappa shape index (κ2) is 10.4. The summed E-state index contributed by atoms with van der Waals surface area (Å²) >= 11 is 0. The van der Waals surface area contributed by atoms with Gasteiger partial charge < -0.3 is 15.4 Å². The summed E-state index contributed by atoms with van der Waals surface area (Å²) in [5.74, 6) is 0.849. The van der Waals surface area contributed by atoms with Gasteiger partial charge in [0, 0.05) is 6.54 Å². The SMILES string of the molecule is CCOc1ccccc1NC(=O)[C@H](NC[C@@H](C)c1ccccc1)c1ccccc1. The highest BCUT2D eigenvalue weighted by atomic mass is 16.5. The van der Waals surface area contributed by atoms with Crippen LogP contribution in [0.1, 0.15) is 36.9 Å². The molecule has 2 N–H and O–H groups in total. The molecule has 3 aromatic carbocycles. The number of anilines is 1. The second-order valence-corrected chi connectivity index (χ2v) is 6.98. The summed E-state index contributed by atoms with van der Waals surface area (Å²) in [6.07, 6.45) is 0. The predicted molar refractivity (Wildman–Crippen MR) is 118 cm³/mol. The van der Waals surface area contributed by atoms with Crippen LogP contribution in [0.25, 0.3) is 0 Å². The molecular weight excluding hydrogens is 360 g/mol. The molecule has 0 heterocycles. The van der Waals surface area contributed by atoms with E-state index in [1.54, 1.807) is 0 Å². The van der Waals surface area contributed by atoms with Gasteiger partial charge >= 0.3 is 0 Å². The minimum absolute atomic E-state index is 0.108. The third-order valence-electron chi connectivity index (χ3n) is 4.84. The molecular formula is C25H28N2O2. The van der Waals surface area contributed by atoms with Crippen LogP contribution in [0.15, 0.2) is 84.9 Å². The van der Waals surface area contributed by atoms with Crippen LogP contribution in [-0.2, 0) is 4.79 Å². The number of amides is 1. The Morgan fingerprint density at radius 3 is 2.10 bits per heavy atom. The molecule has 0 saturated heterocycles. The van der Waals surface area contributed by atoms with Crippen molar-refractivity contribution in [2.24, 2.45) is 0 Å². The van der Waals surface area contributed by atoms with Crippen LogP contribution in [0.2, 0.25) is 0 Å². The minimum atomic E-state index is -0.461. The molecule has 29 heavy (non-hydrogen) atoms. The summed E-state index contributed by atoms with van der Waals surface area (Å²) in [6, 6.07) is 27.2. The van der Waals surface area contributed by atoms with Gasteiger partial charge in [0.15, 0.2) is 0 Å². The standard InChI is InChI=1S/C25H28N2O2/c1-3-29-23-17-11-10-16-22(23)27-25(28)24(21-14-8-5-9-15-21)26-18-19(2)20-12-6-4-7-13-20/h4-17,19,24,26H,3,18H2,1-2H3,(H,27,28)/t19-,24-/m1/s1. The first-order chi connectivity index (χ1) is 14.2. The molecule has 0 unspecified atom stereocenters. The number of para-hydroxylation sites is 2. The minimum Gasteiger partial charge on any atom is -0.492 e. The Kier molecular flexibility index (Phi) is 7.42. The maximum atomic E-state index is 13.2. The molecule has 0 bridgehead atoms. The molecule has 0 aliphatic carbocycles. The molecule has 1 amide bonds. The van der Waals surface area contributed by atoms with Crippen molar-refractivity contribution in [1.29, 1.82) is 0 Å². The third kappa shape index (κ3) is 5.69. The van der Waals surface area contributed by atoms with Crippen LogP contribution < -0.4 is 15.4 Å². The van der Waals surface area contributed by atoms with Crippen molar-refractivity contribution in [3.8, 4) is 5.75 Å². The lowest BCUT2D eigenvalue weighted by Gasteiger charge is -2.22. The van der Waals surface area contributed by atoms with E-state index in [-0.39, 0.29) is 11.8 Å². The van der Waals surface area contributed by atoms with Crippen molar-refractivity contribution in [2.75, 3.05) is 18.5 Å². The maximum Gasteiger partial charge on any atom is 0.246 e. The molecule has 0 aromatic heterocycles. The average Bonchev–Trinajstić information content (AvgIpc) is 2.76. The summed E-state index contributed by atoms with van der Waals surface area (Å²) in [5.41, 5.74) is 2.85. The van der Waals surface area contributed by atoms with Gasteiger partial charge in [-0.1, -0.05) is 79.7 Å². The zero-order valence-electron chi connectivity index (χ0n) is 17.0. The van der Waals surface area contributed by atoms with Gasteiger partial charge in [-0.15, -0.1) is 0 Å². The Morgan fingerprint density at radius 1 is 0.862 bits per heavy atom. The molecule has 0 saturated carbocycles. The van der Waals surface area contributed by atoms with E-state index in [2.05, 4.69) is 29.7 Å². The Balaban J connectivity index is 1.76. The first-order valence-electron chi connectivity index (χ1n) is 10.0. The molecule has 0 aliphatic heterocycles. The first-order valence-corrected chi connectivity index (χ1v) is 10.0. The molecule has 0 radical (unpaired) electrons. The van der Waals surface area contributed by atoms with Gasteiger partial charge in [-0.2, -0.15) is 0 Å². The van der Waals surface area contributed by atoms with E-state index < -0.39 is 6.04 Å². The molecule has 0 aliphatic rings. The van der Waals surface area contributed by atoms with Gasteiger partial charge in [-0.3, -0.25) is 4.79 Å². The summed E-state index contributed by atoms with van der Waals surface area (Å²) in [5, 5.41) is 6.48. The molecule has 3 rings (SSSR count). The summed E-state index contributed by atoms with van der Waals surface area (Å²) in [4.78, 5) is 13.2. The van der Waals surface area contributed by atoms with Crippen LogP contribution in [0.4, 0.5) is 5.69 Å². The zero-order chi connectivity index (χ0) is 20.5. The van der Waals surface area contributed by atoms with Crippen LogP contribution in [0.3, 0.4) is 0 Å². The fourth-order valence-electron chi connectivity index (χ4n) is 3.26. The predicted octanol–water partition coefficient (Wildman–Crippen LogP) is 5.16. The van der Waals surface area contributed by atoms with Gasteiger partial charge in [-0.05, 0) is 36.1 Å². The number of nitrogens with one attached hydrogen (secondary N) is 2. The number of rotatable bonds is 9. The van der Waals surface area contributed by atoms with Gasteiger partial charge in [0.2, 0.25) is 5.91 Å². The number of ether oxygens (including phenoxy) is 1. The molecule has 150 valence electrons. The highest BCUT2D eigenvalue weighted by Crippen LogP contribution is 2.26. The van der Waals surface area contributed by atoms with Gasteiger partial charge in [0.1, 0.15) is 11.8 Å².